The van der Waals surface area contributed by atoms with E-state index in [4.69, 9.17) is 0 Å². The fraction of sp³-hybridized carbons (Fsp3) is 0.222. The van der Waals surface area contributed by atoms with Gasteiger partial charge in [-0.25, -0.2) is 0 Å². The van der Waals surface area contributed by atoms with Gasteiger partial charge in [-0.2, -0.15) is 0 Å². The Morgan fingerprint density at radius 2 is 1.56 bits per heavy atom. The molecule has 0 heteroatoms. The summed E-state index contributed by atoms with van der Waals surface area (Å²) in [6.07, 6.45) is 0. The summed E-state index contributed by atoms with van der Waals surface area (Å²) < 4.78 is 0. The second-order valence-electron chi connectivity index (χ2n) is 2.37. The Kier molecular flexibility index (Phi) is 1.78. The Morgan fingerprint density at radius 1 is 1.00 bits per heavy atom. The third-order valence-corrected chi connectivity index (χ3v) is 1.35. The highest BCUT2D eigenvalue weighted by molar-refractivity contribution is 5.27. The van der Waals surface area contributed by atoms with Gasteiger partial charge in [0.2, 0.25) is 0 Å². The molecule has 0 aliphatic rings. The predicted molar refractivity (Wildman–Crippen MR) is 40.1 cm³/mol. The molecule has 0 unspecified atom stereocenters. The van der Waals surface area contributed by atoms with Gasteiger partial charge in [-0.1, -0.05) is 0 Å². The van der Waals surface area contributed by atoms with Crippen LogP contribution in [0.1, 0.15) is 19.4 Å². The van der Waals surface area contributed by atoms with Crippen LogP contribution < -0.4 is 0 Å². The molecule has 0 heterocycles. The fourth-order valence-electron chi connectivity index (χ4n) is 0.771. The van der Waals surface area contributed by atoms with Crippen molar-refractivity contribution in [2.45, 2.75) is 13.8 Å². The molecule has 0 nitrogen and oxygen atoms in total. The van der Waals surface area contributed by atoms with Crippen LogP contribution in [-0.2, 0) is 0 Å². The third kappa shape index (κ3) is 1.49. The molecule has 1 aromatic rings. The Morgan fingerprint density at radius 3 is 1.89 bits per heavy atom. The number of rotatable bonds is 1. The van der Waals surface area contributed by atoms with Crippen LogP contribution in [-0.4, -0.2) is 0 Å². The van der Waals surface area contributed by atoms with Crippen molar-refractivity contribution in [3.05, 3.63) is 41.8 Å². The van der Waals surface area contributed by atoms with Crippen molar-refractivity contribution >= 4 is 0 Å². The van der Waals surface area contributed by atoms with Gasteiger partial charge >= 0.3 is 0 Å². The Labute approximate surface area is 56.5 Å². The number of hydrogen-bond donors (Lipinski definition) is 0. The van der Waals surface area contributed by atoms with Gasteiger partial charge in [-0.3, -0.25) is 0 Å². The lowest BCUT2D eigenvalue weighted by molar-refractivity contribution is 1.15. The van der Waals surface area contributed by atoms with Crippen molar-refractivity contribution in [2.24, 2.45) is 0 Å². The molecule has 46 valence electrons. The molecule has 0 radical (unpaired) electrons. The average Bonchev–Trinajstić information content (AvgIpc) is 1.90. The van der Waals surface area contributed by atoms with E-state index in [1.807, 2.05) is 6.07 Å². The van der Waals surface area contributed by atoms with Gasteiger partial charge in [0.05, 0.1) is 0 Å². The maximum Gasteiger partial charge on any atom is 0.132 e. The summed E-state index contributed by atoms with van der Waals surface area (Å²) in [5.74, 6) is 1.37. The first-order chi connectivity index (χ1) is 4.30. The number of benzene rings is 1. The van der Waals surface area contributed by atoms with Crippen molar-refractivity contribution in [1.29, 1.82) is 0 Å². The molecule has 9 heavy (non-hydrogen) atoms. The molecule has 1 aromatic carbocycles. The zero-order valence-electron chi connectivity index (χ0n) is 5.89. The van der Waals surface area contributed by atoms with Gasteiger partial charge in [0.1, 0.15) is 5.56 Å². The summed E-state index contributed by atoms with van der Waals surface area (Å²) in [4.78, 5) is 0. The molecule has 0 amide bonds. The molecule has 0 saturated carbocycles. The van der Waals surface area contributed by atoms with Crippen LogP contribution >= 0.6 is 0 Å². The molecular weight excluding hydrogens is 108 g/mol. The maximum atomic E-state index is 2.12. The molecule has 0 atom stereocenters. The van der Waals surface area contributed by atoms with Gasteiger partial charge in [-0.05, 0) is 18.2 Å². The second kappa shape index (κ2) is 2.58. The van der Waals surface area contributed by atoms with Crippen LogP contribution in [0.3, 0.4) is 0 Å². The van der Waals surface area contributed by atoms with Crippen LogP contribution in [0.25, 0.3) is 0 Å². The summed E-state index contributed by atoms with van der Waals surface area (Å²) >= 11 is 0. The van der Waals surface area contributed by atoms with Crippen molar-refractivity contribution in [2.75, 3.05) is 0 Å². The lowest BCUT2D eigenvalue weighted by Crippen LogP contribution is -1.84. The topological polar surface area (TPSA) is 0 Å². The zero-order valence-corrected chi connectivity index (χ0v) is 5.89. The highest BCUT2D eigenvalue weighted by Crippen LogP contribution is 2.10. The molecule has 0 aliphatic carbocycles. The first kappa shape index (κ1) is 6.21. The molecule has 0 aromatic heterocycles. The van der Waals surface area contributed by atoms with Crippen molar-refractivity contribution in [3.8, 4) is 0 Å². The monoisotopic (exact) mass is 119 g/mol. The van der Waals surface area contributed by atoms with Crippen molar-refractivity contribution in [1.82, 2.24) is 0 Å². The molecule has 0 N–H and O–H groups in total. The van der Waals surface area contributed by atoms with Crippen LogP contribution in [0.5, 0.6) is 0 Å². The molecule has 0 fully saturated rings. The van der Waals surface area contributed by atoms with E-state index in [0.29, 0.717) is 0 Å². The largest absolute Gasteiger partial charge is 0.132 e. The molecule has 0 spiro atoms. The van der Waals surface area contributed by atoms with Crippen LogP contribution in [0.2, 0.25) is 0 Å². The molecular formula is C9H11+. The Balaban J connectivity index is 2.85. The minimum atomic E-state index is 1.33. The maximum absolute atomic E-state index is 2.12. The van der Waals surface area contributed by atoms with E-state index in [2.05, 4.69) is 38.1 Å². The molecule has 0 bridgehead atoms. The summed E-state index contributed by atoms with van der Waals surface area (Å²) in [5.41, 5.74) is 1.33. The summed E-state index contributed by atoms with van der Waals surface area (Å²) in [5, 5.41) is 0. The van der Waals surface area contributed by atoms with Crippen LogP contribution in [0, 0.1) is 5.92 Å². The fourth-order valence-corrected chi connectivity index (χ4v) is 0.771. The van der Waals surface area contributed by atoms with E-state index in [0.717, 1.165) is 0 Å². The van der Waals surface area contributed by atoms with E-state index < -0.39 is 0 Å². The highest BCUT2D eigenvalue weighted by atomic mass is 14.0. The van der Waals surface area contributed by atoms with Gasteiger partial charge in [0.25, 0.3) is 0 Å². The van der Waals surface area contributed by atoms with E-state index in [1.165, 1.54) is 11.5 Å². The first-order valence-electron chi connectivity index (χ1n) is 3.16. The van der Waals surface area contributed by atoms with Gasteiger partial charge in [0.15, 0.2) is 0 Å². The summed E-state index contributed by atoms with van der Waals surface area (Å²) in [6, 6.07) is 10.4. The normalized spacial score (nSPS) is 9.11. The second-order valence-corrected chi connectivity index (χ2v) is 2.37. The number of hydrogen-bond acceptors (Lipinski definition) is 0. The van der Waals surface area contributed by atoms with Gasteiger partial charge < -0.3 is 0 Å². The zero-order chi connectivity index (χ0) is 6.69. The standard InChI is InChI=1S/C9H11/c1-8(2)9-6-4-3-5-7-9/h3-7H,1-2H3/q+1. The van der Waals surface area contributed by atoms with E-state index in [-0.39, 0.29) is 0 Å². The van der Waals surface area contributed by atoms with E-state index in [9.17, 15) is 0 Å². The quantitative estimate of drug-likeness (QED) is 0.498. The Bertz CT molecular complexity index is 163. The van der Waals surface area contributed by atoms with E-state index >= 15 is 0 Å². The van der Waals surface area contributed by atoms with Crippen LogP contribution in [0.4, 0.5) is 0 Å². The molecule has 0 saturated heterocycles. The predicted octanol–water partition coefficient (Wildman–Crippen LogP) is 2.65. The Hall–Kier alpha value is -0.910. The summed E-state index contributed by atoms with van der Waals surface area (Å²) in [7, 11) is 0. The minimum absolute atomic E-state index is 1.33. The third-order valence-electron chi connectivity index (χ3n) is 1.35. The van der Waals surface area contributed by atoms with Crippen molar-refractivity contribution in [3.63, 3.8) is 0 Å². The van der Waals surface area contributed by atoms with Crippen LogP contribution in [0.15, 0.2) is 30.3 Å². The highest BCUT2D eigenvalue weighted by Gasteiger charge is 2.03. The molecule has 1 rings (SSSR count). The van der Waals surface area contributed by atoms with Gasteiger partial charge in [-0.15, -0.1) is 0 Å². The lowest BCUT2D eigenvalue weighted by Gasteiger charge is -1.92. The molecule has 0 aliphatic heterocycles. The lowest BCUT2D eigenvalue weighted by atomic mass is 10.0. The smallest absolute Gasteiger partial charge is 0.0356 e. The van der Waals surface area contributed by atoms with Crippen molar-refractivity contribution < 1.29 is 0 Å². The summed E-state index contributed by atoms with van der Waals surface area (Å²) in [6.45, 7) is 4.24. The van der Waals surface area contributed by atoms with E-state index in [1.54, 1.807) is 0 Å². The average molecular weight is 119 g/mol. The minimum Gasteiger partial charge on any atom is -0.0356 e. The van der Waals surface area contributed by atoms with Gasteiger partial charge in [0, 0.05) is 31.9 Å². The SMILES string of the molecule is C[C+](C)c1ccccc1. The first-order valence-corrected chi connectivity index (χ1v) is 3.16.